The molecule has 0 radical (unpaired) electrons. The van der Waals surface area contributed by atoms with E-state index in [1.165, 1.54) is 12.3 Å². The number of halogens is 1. The molecule has 6 heteroatoms. The Morgan fingerprint density at radius 1 is 1.30 bits per heavy atom. The van der Waals surface area contributed by atoms with Crippen molar-refractivity contribution >= 4 is 23.5 Å². The second-order valence-electron chi connectivity index (χ2n) is 4.32. The van der Waals surface area contributed by atoms with Gasteiger partial charge in [0.05, 0.1) is 6.04 Å². The minimum Gasteiger partial charge on any atom is -0.320 e. The molecule has 20 heavy (non-hydrogen) atoms. The third kappa shape index (κ3) is 4.29. The SMILES string of the molecule is N[C@@H](CCc1ccccc1)C(=O)Nc1nccc(Cl)n1. The first kappa shape index (κ1) is 14.4. The Morgan fingerprint density at radius 2 is 2.05 bits per heavy atom. The number of hydrogen-bond acceptors (Lipinski definition) is 4. The van der Waals surface area contributed by atoms with Gasteiger partial charge in [-0.2, -0.15) is 0 Å². The number of benzene rings is 1. The van der Waals surface area contributed by atoms with Gasteiger partial charge in [0.2, 0.25) is 11.9 Å². The van der Waals surface area contributed by atoms with Crippen LogP contribution in [-0.4, -0.2) is 21.9 Å². The lowest BCUT2D eigenvalue weighted by molar-refractivity contribution is -0.117. The second kappa shape index (κ2) is 6.98. The van der Waals surface area contributed by atoms with Crippen LogP contribution in [0.25, 0.3) is 0 Å². The quantitative estimate of drug-likeness (QED) is 0.826. The first-order chi connectivity index (χ1) is 9.65. The van der Waals surface area contributed by atoms with E-state index in [1.807, 2.05) is 30.3 Å². The van der Waals surface area contributed by atoms with Crippen LogP contribution in [0.2, 0.25) is 5.15 Å². The lowest BCUT2D eigenvalue weighted by Gasteiger charge is -2.11. The van der Waals surface area contributed by atoms with Gasteiger partial charge in [-0.25, -0.2) is 9.97 Å². The van der Waals surface area contributed by atoms with Crippen LogP contribution >= 0.6 is 11.6 Å². The molecule has 1 amide bonds. The molecule has 3 N–H and O–H groups in total. The van der Waals surface area contributed by atoms with Crippen LogP contribution in [0.4, 0.5) is 5.95 Å². The number of carbonyl (C=O) groups excluding carboxylic acids is 1. The molecule has 0 saturated carbocycles. The van der Waals surface area contributed by atoms with Gasteiger partial charge in [-0.3, -0.25) is 10.1 Å². The molecule has 5 nitrogen and oxygen atoms in total. The summed E-state index contributed by atoms with van der Waals surface area (Å²) in [5.41, 5.74) is 7.00. The van der Waals surface area contributed by atoms with Gasteiger partial charge >= 0.3 is 0 Å². The summed E-state index contributed by atoms with van der Waals surface area (Å²) < 4.78 is 0. The second-order valence-corrected chi connectivity index (χ2v) is 4.71. The normalized spacial score (nSPS) is 11.9. The van der Waals surface area contributed by atoms with Crippen molar-refractivity contribution in [2.75, 3.05) is 5.32 Å². The molecular weight excluding hydrogens is 276 g/mol. The highest BCUT2D eigenvalue weighted by Crippen LogP contribution is 2.08. The highest BCUT2D eigenvalue weighted by molar-refractivity contribution is 6.29. The Labute approximate surface area is 122 Å². The van der Waals surface area contributed by atoms with E-state index in [1.54, 1.807) is 0 Å². The van der Waals surface area contributed by atoms with Gasteiger partial charge in [0.1, 0.15) is 5.15 Å². The summed E-state index contributed by atoms with van der Waals surface area (Å²) in [4.78, 5) is 19.7. The maximum Gasteiger partial charge on any atom is 0.243 e. The molecule has 0 fully saturated rings. The molecule has 0 unspecified atom stereocenters. The summed E-state index contributed by atoms with van der Waals surface area (Å²) in [6, 6.07) is 10.8. The lowest BCUT2D eigenvalue weighted by atomic mass is 10.1. The molecule has 2 rings (SSSR count). The van der Waals surface area contributed by atoms with Crippen molar-refractivity contribution < 1.29 is 4.79 Å². The van der Waals surface area contributed by atoms with Crippen molar-refractivity contribution in [2.45, 2.75) is 18.9 Å². The molecular formula is C14H15ClN4O. The maximum atomic E-state index is 11.9. The number of amides is 1. The van der Waals surface area contributed by atoms with Gasteiger partial charge in [0, 0.05) is 6.20 Å². The van der Waals surface area contributed by atoms with E-state index >= 15 is 0 Å². The van der Waals surface area contributed by atoms with Crippen molar-refractivity contribution in [3.8, 4) is 0 Å². The fraction of sp³-hybridized carbons (Fsp3) is 0.214. The minimum atomic E-state index is -0.613. The van der Waals surface area contributed by atoms with Crippen molar-refractivity contribution in [1.82, 2.24) is 9.97 Å². The van der Waals surface area contributed by atoms with Gasteiger partial charge in [-0.15, -0.1) is 0 Å². The molecule has 1 atom stereocenters. The molecule has 0 aliphatic rings. The van der Waals surface area contributed by atoms with Crippen molar-refractivity contribution in [3.63, 3.8) is 0 Å². The topological polar surface area (TPSA) is 80.9 Å². The lowest BCUT2D eigenvalue weighted by Crippen LogP contribution is -2.36. The molecule has 1 heterocycles. The molecule has 104 valence electrons. The molecule has 1 aromatic heterocycles. The number of nitrogens with one attached hydrogen (secondary N) is 1. The smallest absolute Gasteiger partial charge is 0.243 e. The Morgan fingerprint density at radius 3 is 2.75 bits per heavy atom. The average Bonchev–Trinajstić information content (AvgIpc) is 2.46. The standard InChI is InChI=1S/C14H15ClN4O/c15-12-8-9-17-14(18-12)19-13(20)11(16)7-6-10-4-2-1-3-5-10/h1-5,8-9,11H,6-7,16H2,(H,17,18,19,20)/t11-/m0/s1. The summed E-state index contributed by atoms with van der Waals surface area (Å²) in [6.45, 7) is 0. The first-order valence-electron chi connectivity index (χ1n) is 6.24. The van der Waals surface area contributed by atoms with Gasteiger partial charge in [-0.1, -0.05) is 41.9 Å². The number of aryl methyl sites for hydroxylation is 1. The summed E-state index contributed by atoms with van der Waals surface area (Å²) >= 11 is 5.72. The van der Waals surface area contributed by atoms with Crippen LogP contribution in [0.3, 0.4) is 0 Å². The summed E-state index contributed by atoms with van der Waals surface area (Å²) in [6.07, 6.45) is 2.77. The fourth-order valence-electron chi connectivity index (χ4n) is 1.70. The van der Waals surface area contributed by atoms with Gasteiger partial charge in [-0.05, 0) is 24.5 Å². The number of rotatable bonds is 5. The number of aromatic nitrogens is 2. The van der Waals surface area contributed by atoms with E-state index < -0.39 is 6.04 Å². The van der Waals surface area contributed by atoms with Crippen molar-refractivity contribution in [1.29, 1.82) is 0 Å². The molecule has 0 saturated heterocycles. The Balaban J connectivity index is 1.86. The van der Waals surface area contributed by atoms with E-state index in [-0.39, 0.29) is 17.0 Å². The van der Waals surface area contributed by atoms with Crippen LogP contribution in [-0.2, 0) is 11.2 Å². The highest BCUT2D eigenvalue weighted by atomic mass is 35.5. The zero-order chi connectivity index (χ0) is 14.4. The molecule has 2 aromatic rings. The van der Waals surface area contributed by atoms with Crippen LogP contribution in [0.5, 0.6) is 0 Å². The van der Waals surface area contributed by atoms with Crippen LogP contribution in [0, 0.1) is 0 Å². The third-order valence-electron chi connectivity index (χ3n) is 2.78. The van der Waals surface area contributed by atoms with E-state index in [2.05, 4.69) is 15.3 Å². The van der Waals surface area contributed by atoms with Gasteiger partial charge < -0.3 is 5.73 Å². The number of anilines is 1. The van der Waals surface area contributed by atoms with Crippen LogP contribution < -0.4 is 11.1 Å². The zero-order valence-corrected chi connectivity index (χ0v) is 11.5. The zero-order valence-electron chi connectivity index (χ0n) is 10.8. The minimum absolute atomic E-state index is 0.165. The molecule has 0 aliphatic carbocycles. The van der Waals surface area contributed by atoms with Crippen molar-refractivity contribution in [2.24, 2.45) is 5.73 Å². The number of carbonyl (C=O) groups is 1. The first-order valence-corrected chi connectivity index (χ1v) is 6.62. The van der Waals surface area contributed by atoms with E-state index in [4.69, 9.17) is 17.3 Å². The van der Waals surface area contributed by atoms with E-state index in [0.717, 1.165) is 12.0 Å². The Kier molecular flexibility index (Phi) is 5.03. The van der Waals surface area contributed by atoms with E-state index in [0.29, 0.717) is 6.42 Å². The number of nitrogens with two attached hydrogens (primary N) is 1. The molecule has 1 aromatic carbocycles. The number of nitrogens with zero attached hydrogens (tertiary/aromatic N) is 2. The predicted molar refractivity (Wildman–Crippen MR) is 78.4 cm³/mol. The van der Waals surface area contributed by atoms with Crippen LogP contribution in [0.1, 0.15) is 12.0 Å². The third-order valence-corrected chi connectivity index (χ3v) is 2.99. The predicted octanol–water partition coefficient (Wildman–Crippen LogP) is 2.03. The average molecular weight is 291 g/mol. The van der Waals surface area contributed by atoms with E-state index in [9.17, 15) is 4.79 Å². The van der Waals surface area contributed by atoms with Crippen LogP contribution in [0.15, 0.2) is 42.6 Å². The Bertz CT molecular complexity index is 576. The van der Waals surface area contributed by atoms with Gasteiger partial charge in [0.25, 0.3) is 0 Å². The maximum absolute atomic E-state index is 11.9. The summed E-state index contributed by atoms with van der Waals surface area (Å²) in [5.74, 6) is -0.152. The molecule has 0 bridgehead atoms. The molecule has 0 aliphatic heterocycles. The summed E-state index contributed by atoms with van der Waals surface area (Å²) in [7, 11) is 0. The monoisotopic (exact) mass is 290 g/mol. The highest BCUT2D eigenvalue weighted by Gasteiger charge is 2.14. The summed E-state index contributed by atoms with van der Waals surface area (Å²) in [5, 5.41) is 2.82. The fourth-order valence-corrected chi connectivity index (χ4v) is 1.83. The largest absolute Gasteiger partial charge is 0.320 e. The Hall–Kier alpha value is -1.98. The van der Waals surface area contributed by atoms with Gasteiger partial charge in [0.15, 0.2) is 0 Å². The molecule has 0 spiro atoms. The van der Waals surface area contributed by atoms with Crippen molar-refractivity contribution in [3.05, 3.63) is 53.3 Å². The number of hydrogen-bond donors (Lipinski definition) is 2.